The van der Waals surface area contributed by atoms with E-state index in [1.165, 1.54) is 0 Å². The van der Waals surface area contributed by atoms with Crippen molar-refractivity contribution >= 4 is 35.6 Å². The van der Waals surface area contributed by atoms with Crippen LogP contribution in [0.2, 0.25) is 10.0 Å². The molecular weight excluding hydrogens is 501 g/mol. The van der Waals surface area contributed by atoms with Crippen molar-refractivity contribution in [2.24, 2.45) is 0 Å². The van der Waals surface area contributed by atoms with Gasteiger partial charge in [0, 0.05) is 23.2 Å². The van der Waals surface area contributed by atoms with Gasteiger partial charge in [0.05, 0.1) is 18.2 Å². The SMILES string of the molecule is Cc1cc(C(=O)NCCc2ccc(Cl)cc2)ccc1Oc1cc2c(cc1Cl)C(CCOC=O)CCO2. The summed E-state index contributed by atoms with van der Waals surface area (Å²) in [4.78, 5) is 23.1. The number of halogens is 2. The number of hydrogen-bond donors (Lipinski definition) is 1. The van der Waals surface area contributed by atoms with E-state index in [2.05, 4.69) is 5.32 Å². The molecule has 0 spiro atoms. The van der Waals surface area contributed by atoms with Gasteiger partial charge in [0.1, 0.15) is 17.2 Å². The molecule has 1 aliphatic rings. The van der Waals surface area contributed by atoms with Crippen molar-refractivity contribution in [2.75, 3.05) is 19.8 Å². The third-order valence-corrected chi connectivity index (χ3v) is 6.70. The molecule has 1 unspecified atom stereocenters. The van der Waals surface area contributed by atoms with Crippen molar-refractivity contribution < 1.29 is 23.8 Å². The van der Waals surface area contributed by atoms with Crippen LogP contribution < -0.4 is 14.8 Å². The van der Waals surface area contributed by atoms with Gasteiger partial charge in [0.2, 0.25) is 0 Å². The molecule has 4 rings (SSSR count). The first-order valence-electron chi connectivity index (χ1n) is 11.8. The van der Waals surface area contributed by atoms with Crippen LogP contribution in [-0.4, -0.2) is 32.1 Å². The predicted molar refractivity (Wildman–Crippen MR) is 140 cm³/mol. The lowest BCUT2D eigenvalue weighted by molar-refractivity contribution is -0.128. The molecule has 0 saturated carbocycles. The van der Waals surface area contributed by atoms with Crippen molar-refractivity contribution in [1.82, 2.24) is 5.32 Å². The molecule has 0 aliphatic carbocycles. The quantitative estimate of drug-likeness (QED) is 0.240. The monoisotopic (exact) mass is 527 g/mol. The molecule has 0 bridgehead atoms. The number of benzene rings is 3. The minimum Gasteiger partial charge on any atom is -0.493 e. The molecule has 0 aromatic heterocycles. The number of carbonyl (C=O) groups excluding carboxylic acids is 2. The van der Waals surface area contributed by atoms with Crippen LogP contribution in [-0.2, 0) is 16.0 Å². The van der Waals surface area contributed by atoms with Gasteiger partial charge in [-0.15, -0.1) is 0 Å². The van der Waals surface area contributed by atoms with Gasteiger partial charge < -0.3 is 19.5 Å². The first-order chi connectivity index (χ1) is 17.4. The van der Waals surface area contributed by atoms with Crippen molar-refractivity contribution in [1.29, 1.82) is 0 Å². The topological polar surface area (TPSA) is 73.9 Å². The summed E-state index contributed by atoms with van der Waals surface area (Å²) in [5, 5.41) is 4.10. The Bertz CT molecular complexity index is 1230. The third-order valence-electron chi connectivity index (χ3n) is 6.15. The number of ether oxygens (including phenoxy) is 3. The van der Waals surface area contributed by atoms with E-state index in [-0.39, 0.29) is 11.8 Å². The fourth-order valence-electron chi connectivity index (χ4n) is 4.19. The fraction of sp³-hybridized carbons (Fsp3) is 0.286. The summed E-state index contributed by atoms with van der Waals surface area (Å²) in [6.07, 6.45) is 2.25. The maximum atomic E-state index is 12.6. The second-order valence-corrected chi connectivity index (χ2v) is 9.47. The molecule has 3 aromatic carbocycles. The van der Waals surface area contributed by atoms with Crippen molar-refractivity contribution in [3.8, 4) is 17.2 Å². The Balaban J connectivity index is 1.40. The third kappa shape index (κ3) is 6.50. The number of rotatable bonds is 10. The second-order valence-electron chi connectivity index (χ2n) is 8.62. The molecule has 3 aromatic rings. The number of amides is 1. The van der Waals surface area contributed by atoms with E-state index in [0.717, 1.165) is 23.1 Å². The lowest BCUT2D eigenvalue weighted by Gasteiger charge is -2.26. The van der Waals surface area contributed by atoms with Gasteiger partial charge in [-0.25, -0.2) is 0 Å². The van der Waals surface area contributed by atoms with Crippen molar-refractivity contribution in [3.05, 3.63) is 86.9 Å². The summed E-state index contributed by atoms with van der Waals surface area (Å²) < 4.78 is 16.8. The van der Waals surface area contributed by atoms with Crippen LogP contribution >= 0.6 is 23.2 Å². The van der Waals surface area contributed by atoms with E-state index in [0.29, 0.717) is 71.9 Å². The summed E-state index contributed by atoms with van der Waals surface area (Å²) in [5.74, 6) is 1.83. The molecule has 1 amide bonds. The lowest BCUT2D eigenvalue weighted by Crippen LogP contribution is -2.25. The molecule has 1 heterocycles. The molecule has 8 heteroatoms. The first kappa shape index (κ1) is 25.9. The maximum Gasteiger partial charge on any atom is 0.293 e. The maximum absolute atomic E-state index is 12.6. The number of fused-ring (bicyclic) bond motifs is 1. The summed E-state index contributed by atoms with van der Waals surface area (Å²) in [5.41, 5.74) is 3.44. The lowest BCUT2D eigenvalue weighted by atomic mass is 9.90. The highest BCUT2D eigenvalue weighted by molar-refractivity contribution is 6.32. The number of nitrogens with one attached hydrogen (secondary N) is 1. The van der Waals surface area contributed by atoms with Crippen LogP contribution in [0, 0.1) is 6.92 Å². The van der Waals surface area contributed by atoms with Gasteiger partial charge in [0.15, 0.2) is 0 Å². The van der Waals surface area contributed by atoms with Crippen LogP contribution in [0.1, 0.15) is 45.8 Å². The molecular formula is C28H27Cl2NO5. The predicted octanol–water partition coefficient (Wildman–Crippen LogP) is 6.50. The van der Waals surface area contributed by atoms with Gasteiger partial charge in [-0.2, -0.15) is 0 Å². The highest BCUT2D eigenvalue weighted by atomic mass is 35.5. The number of carbonyl (C=O) groups is 2. The van der Waals surface area contributed by atoms with E-state index in [4.69, 9.17) is 37.4 Å². The largest absolute Gasteiger partial charge is 0.493 e. The van der Waals surface area contributed by atoms with Crippen LogP contribution in [0.3, 0.4) is 0 Å². The Morgan fingerprint density at radius 1 is 1.11 bits per heavy atom. The minimum atomic E-state index is -0.150. The van der Waals surface area contributed by atoms with Crippen LogP contribution in [0.4, 0.5) is 0 Å². The van der Waals surface area contributed by atoms with E-state index >= 15 is 0 Å². The van der Waals surface area contributed by atoms with Gasteiger partial charge >= 0.3 is 0 Å². The molecule has 1 N–H and O–H groups in total. The van der Waals surface area contributed by atoms with E-state index in [1.807, 2.05) is 37.3 Å². The Hall–Kier alpha value is -3.22. The summed E-state index contributed by atoms with van der Waals surface area (Å²) >= 11 is 12.5. The van der Waals surface area contributed by atoms with E-state index in [9.17, 15) is 9.59 Å². The Morgan fingerprint density at radius 3 is 2.67 bits per heavy atom. The Kier molecular flexibility index (Phi) is 8.73. The van der Waals surface area contributed by atoms with Gasteiger partial charge in [-0.1, -0.05) is 35.3 Å². The number of hydrogen-bond acceptors (Lipinski definition) is 5. The normalized spacial score (nSPS) is 14.4. The molecule has 0 saturated heterocycles. The molecule has 0 fully saturated rings. The molecule has 36 heavy (non-hydrogen) atoms. The smallest absolute Gasteiger partial charge is 0.293 e. The van der Waals surface area contributed by atoms with E-state index < -0.39 is 0 Å². The van der Waals surface area contributed by atoms with Gasteiger partial charge in [-0.3, -0.25) is 9.59 Å². The molecule has 6 nitrogen and oxygen atoms in total. The zero-order chi connectivity index (χ0) is 25.5. The average molecular weight is 528 g/mol. The van der Waals surface area contributed by atoms with Gasteiger partial charge in [-0.05, 0) is 85.2 Å². The summed E-state index contributed by atoms with van der Waals surface area (Å²) in [6.45, 7) is 3.78. The van der Waals surface area contributed by atoms with E-state index in [1.54, 1.807) is 24.3 Å². The molecule has 1 aliphatic heterocycles. The molecule has 188 valence electrons. The zero-order valence-electron chi connectivity index (χ0n) is 19.9. The number of aryl methyl sites for hydroxylation is 1. The zero-order valence-corrected chi connectivity index (χ0v) is 21.4. The highest BCUT2D eigenvalue weighted by Crippen LogP contribution is 2.43. The van der Waals surface area contributed by atoms with Crippen LogP contribution in [0.5, 0.6) is 17.2 Å². The molecule has 0 radical (unpaired) electrons. The summed E-state index contributed by atoms with van der Waals surface area (Å²) in [7, 11) is 0. The Morgan fingerprint density at radius 2 is 1.92 bits per heavy atom. The first-order valence-corrected chi connectivity index (χ1v) is 12.5. The van der Waals surface area contributed by atoms with Crippen molar-refractivity contribution in [2.45, 2.75) is 32.1 Å². The fourth-order valence-corrected chi connectivity index (χ4v) is 4.53. The molecule has 1 atom stereocenters. The van der Waals surface area contributed by atoms with Gasteiger partial charge in [0.25, 0.3) is 12.4 Å². The second kappa shape index (κ2) is 12.2. The average Bonchev–Trinajstić information content (AvgIpc) is 2.87. The highest BCUT2D eigenvalue weighted by Gasteiger charge is 2.24. The standard InChI is InChI=1S/C28H27Cl2NO5/c1-18-14-21(28(33)31-11-8-19-2-5-22(29)6-3-19)4-7-25(18)36-27-16-26-23(15-24(27)30)20(10-13-35-26)9-12-34-17-32/h2-7,14-17,20H,8-13H2,1H3,(H,31,33). The summed E-state index contributed by atoms with van der Waals surface area (Å²) in [6, 6.07) is 16.5. The Labute approximate surface area is 220 Å². The minimum absolute atomic E-state index is 0.150. The van der Waals surface area contributed by atoms with Crippen LogP contribution in [0.25, 0.3) is 0 Å². The van der Waals surface area contributed by atoms with Crippen LogP contribution in [0.15, 0.2) is 54.6 Å². The van der Waals surface area contributed by atoms with Crippen molar-refractivity contribution in [3.63, 3.8) is 0 Å².